The standard InChI is InChI=1S/C17H26N4O2S/c1-4-6-7-8-9-10-11-21-13-14(18-17(21)24-12-5-2)20(3)16(23)19-15(13)22/h5H,2,4,6-12H2,1,3H3,(H,19,22,23). The number of nitrogens with zero attached hydrogens (tertiary/aromatic N) is 3. The Bertz CT molecular complexity index is 803. The van der Waals surface area contributed by atoms with Crippen LogP contribution in [0.5, 0.6) is 0 Å². The van der Waals surface area contributed by atoms with Crippen molar-refractivity contribution < 1.29 is 0 Å². The Morgan fingerprint density at radius 1 is 1.21 bits per heavy atom. The normalized spacial score (nSPS) is 11.2. The molecule has 0 atom stereocenters. The van der Waals surface area contributed by atoms with Crippen molar-refractivity contribution in [3.8, 4) is 0 Å². The number of nitrogens with one attached hydrogen (secondary N) is 1. The molecule has 132 valence electrons. The Morgan fingerprint density at radius 3 is 2.62 bits per heavy atom. The molecular weight excluding hydrogens is 324 g/mol. The van der Waals surface area contributed by atoms with E-state index in [1.54, 1.807) is 7.05 Å². The van der Waals surface area contributed by atoms with Crippen molar-refractivity contribution in [2.24, 2.45) is 7.05 Å². The van der Waals surface area contributed by atoms with Crippen LogP contribution in [0.25, 0.3) is 11.2 Å². The van der Waals surface area contributed by atoms with Gasteiger partial charge in [0.2, 0.25) is 0 Å². The number of hydrogen-bond donors (Lipinski definition) is 1. The summed E-state index contributed by atoms with van der Waals surface area (Å²) in [4.78, 5) is 31.0. The number of thioether (sulfide) groups is 1. The molecular formula is C17H26N4O2S. The van der Waals surface area contributed by atoms with Crippen LogP contribution in [-0.2, 0) is 13.6 Å². The Hall–Kier alpha value is -1.76. The Morgan fingerprint density at radius 2 is 1.92 bits per heavy atom. The number of aryl methyl sites for hydroxylation is 2. The van der Waals surface area contributed by atoms with E-state index in [0.717, 1.165) is 24.5 Å². The van der Waals surface area contributed by atoms with E-state index in [2.05, 4.69) is 23.5 Å². The zero-order valence-corrected chi connectivity index (χ0v) is 15.3. The molecule has 0 bridgehead atoms. The predicted molar refractivity (Wildman–Crippen MR) is 99.9 cm³/mol. The Labute approximate surface area is 146 Å². The van der Waals surface area contributed by atoms with Gasteiger partial charge in [-0.3, -0.25) is 14.3 Å². The first-order valence-electron chi connectivity index (χ1n) is 8.53. The summed E-state index contributed by atoms with van der Waals surface area (Å²) in [6.07, 6.45) is 8.92. The monoisotopic (exact) mass is 350 g/mol. The van der Waals surface area contributed by atoms with Gasteiger partial charge in [0.15, 0.2) is 16.3 Å². The minimum absolute atomic E-state index is 0.364. The molecule has 0 amide bonds. The Kier molecular flexibility index (Phi) is 6.90. The van der Waals surface area contributed by atoms with E-state index in [4.69, 9.17) is 0 Å². The lowest BCUT2D eigenvalue weighted by Crippen LogP contribution is -2.29. The number of fused-ring (bicyclic) bond motifs is 1. The van der Waals surface area contributed by atoms with Gasteiger partial charge in [0.05, 0.1) is 0 Å². The maximum atomic E-state index is 12.3. The van der Waals surface area contributed by atoms with Gasteiger partial charge in [-0.2, -0.15) is 0 Å². The molecule has 0 spiro atoms. The molecule has 0 aromatic carbocycles. The summed E-state index contributed by atoms with van der Waals surface area (Å²) in [5.41, 5.74) is 0.132. The molecule has 7 heteroatoms. The van der Waals surface area contributed by atoms with Crippen molar-refractivity contribution in [2.45, 2.75) is 57.1 Å². The largest absolute Gasteiger partial charge is 0.329 e. The first kappa shape index (κ1) is 18.6. The number of hydrogen-bond acceptors (Lipinski definition) is 4. The average Bonchev–Trinajstić information content (AvgIpc) is 2.93. The summed E-state index contributed by atoms with van der Waals surface area (Å²) in [6.45, 7) is 6.68. The van der Waals surface area contributed by atoms with Gasteiger partial charge in [-0.05, 0) is 6.42 Å². The highest BCUT2D eigenvalue weighted by Crippen LogP contribution is 2.22. The summed E-state index contributed by atoms with van der Waals surface area (Å²) in [5, 5.41) is 0.769. The highest BCUT2D eigenvalue weighted by Gasteiger charge is 2.16. The number of imidazole rings is 1. The quantitative estimate of drug-likeness (QED) is 0.406. The lowest BCUT2D eigenvalue weighted by Gasteiger charge is -2.08. The van der Waals surface area contributed by atoms with Crippen LogP contribution >= 0.6 is 11.8 Å². The molecule has 1 N–H and O–H groups in total. The molecule has 2 aromatic heterocycles. The molecule has 2 heterocycles. The van der Waals surface area contributed by atoms with Crippen LogP contribution in [0.2, 0.25) is 0 Å². The fraction of sp³-hybridized carbons (Fsp3) is 0.588. The first-order valence-corrected chi connectivity index (χ1v) is 9.52. The topological polar surface area (TPSA) is 72.7 Å². The average molecular weight is 350 g/mol. The second-order valence-electron chi connectivity index (χ2n) is 5.90. The molecule has 0 saturated heterocycles. The van der Waals surface area contributed by atoms with Crippen molar-refractivity contribution in [3.63, 3.8) is 0 Å². The van der Waals surface area contributed by atoms with Gasteiger partial charge in [0, 0.05) is 19.3 Å². The lowest BCUT2D eigenvalue weighted by atomic mass is 10.1. The van der Waals surface area contributed by atoms with E-state index in [0.29, 0.717) is 16.9 Å². The second kappa shape index (κ2) is 8.92. The van der Waals surface area contributed by atoms with Gasteiger partial charge in [-0.1, -0.05) is 56.9 Å². The molecule has 0 unspecified atom stereocenters. The summed E-state index contributed by atoms with van der Waals surface area (Å²) < 4.78 is 3.34. The molecule has 0 radical (unpaired) electrons. The maximum absolute atomic E-state index is 12.3. The number of unbranched alkanes of at least 4 members (excludes halogenated alkanes) is 5. The summed E-state index contributed by atoms with van der Waals surface area (Å²) in [7, 11) is 1.63. The van der Waals surface area contributed by atoms with Crippen molar-refractivity contribution in [2.75, 3.05) is 5.75 Å². The van der Waals surface area contributed by atoms with E-state index in [1.807, 2.05) is 10.6 Å². The Balaban J connectivity index is 2.27. The second-order valence-corrected chi connectivity index (χ2v) is 6.89. The minimum atomic E-state index is -0.433. The number of aromatic nitrogens is 4. The van der Waals surface area contributed by atoms with E-state index in [1.165, 1.54) is 42.0 Å². The summed E-state index contributed by atoms with van der Waals surface area (Å²) in [5.74, 6) is 0.714. The van der Waals surface area contributed by atoms with Gasteiger partial charge in [0.25, 0.3) is 5.56 Å². The van der Waals surface area contributed by atoms with Gasteiger partial charge in [-0.25, -0.2) is 9.78 Å². The minimum Gasteiger partial charge on any atom is -0.313 e. The third kappa shape index (κ3) is 4.20. The van der Waals surface area contributed by atoms with Crippen LogP contribution in [0.15, 0.2) is 27.4 Å². The van der Waals surface area contributed by atoms with Gasteiger partial charge in [-0.15, -0.1) is 6.58 Å². The van der Waals surface area contributed by atoms with Crippen LogP contribution < -0.4 is 11.2 Å². The van der Waals surface area contributed by atoms with Gasteiger partial charge >= 0.3 is 5.69 Å². The van der Waals surface area contributed by atoms with E-state index in [-0.39, 0.29) is 5.56 Å². The van der Waals surface area contributed by atoms with E-state index >= 15 is 0 Å². The summed E-state index contributed by atoms with van der Waals surface area (Å²) in [6, 6.07) is 0. The maximum Gasteiger partial charge on any atom is 0.329 e. The first-order chi connectivity index (χ1) is 11.6. The molecule has 2 rings (SSSR count). The fourth-order valence-electron chi connectivity index (χ4n) is 2.72. The van der Waals surface area contributed by atoms with Crippen molar-refractivity contribution in [1.29, 1.82) is 0 Å². The molecule has 24 heavy (non-hydrogen) atoms. The SMILES string of the molecule is C=CCSc1nc2c(c(=O)[nH]c(=O)n2C)n1CCCCCCCC. The molecule has 6 nitrogen and oxygen atoms in total. The van der Waals surface area contributed by atoms with Crippen LogP contribution in [0.1, 0.15) is 45.4 Å². The molecule has 2 aromatic rings. The highest BCUT2D eigenvalue weighted by atomic mass is 32.2. The third-order valence-electron chi connectivity index (χ3n) is 4.04. The number of rotatable bonds is 10. The van der Waals surface area contributed by atoms with Crippen LogP contribution in [-0.4, -0.2) is 24.9 Å². The van der Waals surface area contributed by atoms with Gasteiger partial charge < -0.3 is 4.57 Å². The van der Waals surface area contributed by atoms with E-state index in [9.17, 15) is 9.59 Å². The zero-order valence-electron chi connectivity index (χ0n) is 14.5. The highest BCUT2D eigenvalue weighted by molar-refractivity contribution is 7.99. The zero-order chi connectivity index (χ0) is 17.5. The lowest BCUT2D eigenvalue weighted by molar-refractivity contribution is 0.544. The fourth-order valence-corrected chi connectivity index (χ4v) is 3.47. The molecule has 0 saturated carbocycles. The van der Waals surface area contributed by atoms with Crippen molar-refractivity contribution >= 4 is 22.9 Å². The molecule has 0 fully saturated rings. The van der Waals surface area contributed by atoms with Crippen molar-refractivity contribution in [1.82, 2.24) is 19.1 Å². The van der Waals surface area contributed by atoms with Crippen LogP contribution in [0.3, 0.4) is 0 Å². The van der Waals surface area contributed by atoms with Gasteiger partial charge in [0.1, 0.15) is 0 Å². The molecule has 0 aliphatic heterocycles. The predicted octanol–water partition coefficient (Wildman–Crippen LogP) is 3.06. The smallest absolute Gasteiger partial charge is 0.313 e. The van der Waals surface area contributed by atoms with Crippen molar-refractivity contribution in [3.05, 3.63) is 33.5 Å². The van der Waals surface area contributed by atoms with Crippen LogP contribution in [0.4, 0.5) is 0 Å². The molecule has 0 aliphatic rings. The number of aromatic amines is 1. The summed E-state index contributed by atoms with van der Waals surface area (Å²) >= 11 is 1.53. The van der Waals surface area contributed by atoms with E-state index < -0.39 is 5.69 Å². The number of H-pyrrole nitrogens is 1. The van der Waals surface area contributed by atoms with Crippen LogP contribution in [0, 0.1) is 0 Å². The third-order valence-corrected chi connectivity index (χ3v) is 5.01. The molecule has 0 aliphatic carbocycles.